The molecule has 13 heavy (non-hydrogen) atoms. The molecule has 1 aromatic rings. The van der Waals surface area contributed by atoms with Crippen LogP contribution in [0, 0.1) is 10.1 Å². The van der Waals surface area contributed by atoms with Gasteiger partial charge in [-0.25, -0.2) is 0 Å². The van der Waals surface area contributed by atoms with E-state index in [9.17, 15) is 10.1 Å². The zero-order chi connectivity index (χ0) is 9.68. The minimum absolute atomic E-state index is 0.177. The Morgan fingerprint density at radius 2 is 2.00 bits per heavy atom. The normalized spacial score (nSPS) is 9.92. The molecule has 0 aliphatic rings. The number of hydrogen-bond acceptors (Lipinski definition) is 2. The average molecular weight is 293 g/mol. The Labute approximate surface area is 87.4 Å². The molecule has 0 heterocycles. The van der Waals surface area contributed by atoms with Crippen molar-refractivity contribution in [1.29, 1.82) is 0 Å². The summed E-state index contributed by atoms with van der Waals surface area (Å²) >= 11 is 0.177. The molecule has 1 aromatic carbocycles. The molecule has 0 aromatic heterocycles. The second kappa shape index (κ2) is 5.21. The van der Waals surface area contributed by atoms with Gasteiger partial charge in [0.05, 0.1) is 0 Å². The summed E-state index contributed by atoms with van der Waals surface area (Å²) in [6.45, 7) is 0. The molecule has 3 nitrogen and oxygen atoms in total. The van der Waals surface area contributed by atoms with Crippen LogP contribution in [0.15, 0.2) is 24.3 Å². The first-order valence-electron chi connectivity index (χ1n) is 3.96. The third kappa shape index (κ3) is 3.33. The fourth-order valence-corrected chi connectivity index (χ4v) is 2.26. The monoisotopic (exact) mass is 295 g/mol. The van der Waals surface area contributed by atoms with Crippen molar-refractivity contribution < 1.29 is 4.92 Å². The summed E-state index contributed by atoms with van der Waals surface area (Å²) in [5.74, 6) is 0. The van der Waals surface area contributed by atoms with Gasteiger partial charge >= 0.3 is 87.3 Å². The Hall–Kier alpha value is -0.590. The van der Waals surface area contributed by atoms with Gasteiger partial charge in [-0.3, -0.25) is 0 Å². The molecule has 0 amide bonds. The Bertz CT molecular complexity index is 284. The molecule has 0 saturated heterocycles. The molecule has 1 rings (SSSR count). The van der Waals surface area contributed by atoms with Crippen LogP contribution < -0.4 is 0 Å². The molecule has 70 valence electrons. The van der Waals surface area contributed by atoms with Gasteiger partial charge in [-0.2, -0.15) is 0 Å². The molecular weight excluding hydrogens is 282 g/mol. The molecular formula is C9H11NO2Te. The number of nitro benzene ring substituents is 1. The predicted octanol–water partition coefficient (Wildman–Crippen LogP) is 2.31. The molecule has 0 atom stereocenters. The van der Waals surface area contributed by atoms with Gasteiger partial charge in [-0.1, -0.05) is 0 Å². The first kappa shape index (κ1) is 10.5. The Morgan fingerprint density at radius 3 is 2.46 bits per heavy atom. The molecule has 0 saturated carbocycles. The van der Waals surface area contributed by atoms with Crippen molar-refractivity contribution in [1.82, 2.24) is 0 Å². The summed E-state index contributed by atoms with van der Waals surface area (Å²) < 4.78 is 1.27. The van der Waals surface area contributed by atoms with Crippen LogP contribution in [-0.2, 0) is 6.42 Å². The number of non-ortho nitro benzene ring substituents is 1. The van der Waals surface area contributed by atoms with Crippen LogP contribution in [0.4, 0.5) is 5.69 Å². The van der Waals surface area contributed by atoms with Crippen LogP contribution in [0.25, 0.3) is 0 Å². The molecule has 0 N–H and O–H groups in total. The molecule has 0 spiro atoms. The molecule has 0 bridgehead atoms. The van der Waals surface area contributed by atoms with Crippen molar-refractivity contribution in [2.24, 2.45) is 0 Å². The van der Waals surface area contributed by atoms with Crippen LogP contribution in [0.3, 0.4) is 0 Å². The summed E-state index contributed by atoms with van der Waals surface area (Å²) in [6.07, 6.45) is 1.07. The van der Waals surface area contributed by atoms with Crippen LogP contribution in [0.5, 0.6) is 0 Å². The van der Waals surface area contributed by atoms with Gasteiger partial charge in [0.15, 0.2) is 0 Å². The summed E-state index contributed by atoms with van der Waals surface area (Å²) in [7, 11) is 0. The standard InChI is InChI=1S/C9H11NO2Te/c1-13-7-6-8-2-4-9(5-3-8)10(11)12/h2-5H,6-7H2,1H3. The van der Waals surface area contributed by atoms with Gasteiger partial charge in [0.25, 0.3) is 0 Å². The van der Waals surface area contributed by atoms with Gasteiger partial charge in [0.2, 0.25) is 0 Å². The maximum absolute atomic E-state index is 10.3. The van der Waals surface area contributed by atoms with E-state index < -0.39 is 0 Å². The SMILES string of the molecule is C[Te]CCc1ccc([N+](=O)[O-])cc1. The number of aryl methyl sites for hydroxylation is 1. The van der Waals surface area contributed by atoms with Gasteiger partial charge < -0.3 is 0 Å². The molecule has 0 unspecified atom stereocenters. The van der Waals surface area contributed by atoms with E-state index in [1.54, 1.807) is 12.1 Å². The van der Waals surface area contributed by atoms with E-state index in [-0.39, 0.29) is 31.5 Å². The summed E-state index contributed by atoms with van der Waals surface area (Å²) in [6, 6.07) is 6.85. The van der Waals surface area contributed by atoms with E-state index in [1.165, 1.54) is 10.0 Å². The second-order valence-electron chi connectivity index (χ2n) is 2.67. The number of nitro groups is 1. The third-order valence-corrected chi connectivity index (χ3v) is 3.49. The third-order valence-electron chi connectivity index (χ3n) is 1.74. The maximum atomic E-state index is 10.3. The van der Waals surface area contributed by atoms with Gasteiger partial charge in [-0.05, 0) is 0 Å². The first-order chi connectivity index (χ1) is 6.24. The van der Waals surface area contributed by atoms with E-state index in [2.05, 4.69) is 4.97 Å². The number of rotatable bonds is 4. The molecule has 0 aliphatic carbocycles. The summed E-state index contributed by atoms with van der Waals surface area (Å²) in [5.41, 5.74) is 1.38. The van der Waals surface area contributed by atoms with E-state index in [0.29, 0.717) is 0 Å². The van der Waals surface area contributed by atoms with Crippen LogP contribution in [0.1, 0.15) is 5.56 Å². The van der Waals surface area contributed by atoms with Gasteiger partial charge in [0, 0.05) is 0 Å². The number of hydrogen-bond donors (Lipinski definition) is 0. The minimum atomic E-state index is -0.363. The quantitative estimate of drug-likeness (QED) is 0.485. The van der Waals surface area contributed by atoms with Crippen LogP contribution >= 0.6 is 0 Å². The molecule has 0 fully saturated rings. The van der Waals surface area contributed by atoms with Gasteiger partial charge in [0.1, 0.15) is 0 Å². The van der Waals surface area contributed by atoms with Crippen LogP contribution in [-0.4, -0.2) is 25.8 Å². The van der Waals surface area contributed by atoms with Crippen molar-refractivity contribution >= 4 is 26.6 Å². The average Bonchev–Trinajstić information content (AvgIpc) is 2.15. The van der Waals surface area contributed by atoms with E-state index in [0.717, 1.165) is 6.42 Å². The number of nitrogens with zero attached hydrogens (tertiary/aromatic N) is 1. The van der Waals surface area contributed by atoms with E-state index >= 15 is 0 Å². The van der Waals surface area contributed by atoms with Crippen LogP contribution in [0.2, 0.25) is 9.44 Å². The van der Waals surface area contributed by atoms with E-state index in [4.69, 9.17) is 0 Å². The van der Waals surface area contributed by atoms with Crippen molar-refractivity contribution in [2.45, 2.75) is 15.9 Å². The fraction of sp³-hybridized carbons (Fsp3) is 0.333. The molecule has 4 heteroatoms. The fourth-order valence-electron chi connectivity index (χ4n) is 1.00. The zero-order valence-corrected chi connectivity index (χ0v) is 9.73. The Morgan fingerprint density at radius 1 is 1.38 bits per heavy atom. The van der Waals surface area contributed by atoms with Crippen molar-refractivity contribution in [2.75, 3.05) is 0 Å². The summed E-state index contributed by atoms with van der Waals surface area (Å²) in [5, 5.41) is 10.3. The predicted molar refractivity (Wildman–Crippen MR) is 53.2 cm³/mol. The first-order valence-corrected chi connectivity index (χ1v) is 7.94. The summed E-state index contributed by atoms with van der Waals surface area (Å²) in [4.78, 5) is 12.2. The Balaban J connectivity index is 2.64. The van der Waals surface area contributed by atoms with Crippen molar-refractivity contribution in [3.05, 3.63) is 39.9 Å². The zero-order valence-electron chi connectivity index (χ0n) is 7.40. The Kier molecular flexibility index (Phi) is 4.20. The van der Waals surface area contributed by atoms with Crippen molar-refractivity contribution in [3.63, 3.8) is 0 Å². The molecule has 0 aliphatic heterocycles. The van der Waals surface area contributed by atoms with Gasteiger partial charge in [-0.15, -0.1) is 0 Å². The number of benzene rings is 1. The second-order valence-corrected chi connectivity index (χ2v) is 5.48. The topological polar surface area (TPSA) is 43.1 Å². The molecule has 0 radical (unpaired) electrons. The van der Waals surface area contributed by atoms with E-state index in [1.807, 2.05) is 12.1 Å². The van der Waals surface area contributed by atoms with Crippen molar-refractivity contribution in [3.8, 4) is 0 Å².